The van der Waals surface area contributed by atoms with Gasteiger partial charge < -0.3 is 5.73 Å². The molecule has 2 unspecified atom stereocenters. The van der Waals surface area contributed by atoms with Gasteiger partial charge in [-0.2, -0.15) is 0 Å². The Morgan fingerprint density at radius 2 is 1.95 bits per heavy atom. The van der Waals surface area contributed by atoms with Crippen molar-refractivity contribution in [1.82, 2.24) is 4.90 Å². The standard InChI is InChI=1S/C15H24BrClN2/c1-10(2)7-11(3)19(4)15(9-18)12-5-6-13(16)14(17)8-12/h5-6,8,10-11,15H,7,9,18H2,1-4H3. The van der Waals surface area contributed by atoms with E-state index in [9.17, 15) is 0 Å². The van der Waals surface area contributed by atoms with Gasteiger partial charge >= 0.3 is 0 Å². The van der Waals surface area contributed by atoms with Crippen LogP contribution in [0.2, 0.25) is 5.02 Å². The molecule has 0 saturated carbocycles. The lowest BCUT2D eigenvalue weighted by molar-refractivity contribution is 0.169. The predicted molar refractivity (Wildman–Crippen MR) is 87.6 cm³/mol. The van der Waals surface area contributed by atoms with Gasteiger partial charge in [-0.3, -0.25) is 4.90 Å². The molecule has 0 aliphatic carbocycles. The lowest BCUT2D eigenvalue weighted by Crippen LogP contribution is -2.37. The molecule has 0 fully saturated rings. The Balaban J connectivity index is 2.89. The van der Waals surface area contributed by atoms with Crippen LogP contribution < -0.4 is 5.73 Å². The number of likely N-dealkylation sites (N-methyl/N-ethyl adjacent to an activating group) is 1. The quantitative estimate of drug-likeness (QED) is 0.822. The van der Waals surface area contributed by atoms with Crippen LogP contribution in [0.1, 0.15) is 38.8 Å². The van der Waals surface area contributed by atoms with Gasteiger partial charge in [0.15, 0.2) is 0 Å². The minimum Gasteiger partial charge on any atom is -0.329 e. The number of nitrogens with two attached hydrogens (primary N) is 1. The molecule has 2 atom stereocenters. The van der Waals surface area contributed by atoms with Crippen molar-refractivity contribution >= 4 is 27.5 Å². The van der Waals surface area contributed by atoms with E-state index in [1.165, 1.54) is 5.56 Å². The molecule has 0 aromatic heterocycles. The van der Waals surface area contributed by atoms with Crippen LogP contribution in [0, 0.1) is 5.92 Å². The summed E-state index contributed by atoms with van der Waals surface area (Å²) < 4.78 is 0.923. The molecule has 1 rings (SSSR count). The average Bonchev–Trinajstić information content (AvgIpc) is 2.33. The van der Waals surface area contributed by atoms with Gasteiger partial charge in [-0.25, -0.2) is 0 Å². The summed E-state index contributed by atoms with van der Waals surface area (Å²) in [6, 6.07) is 6.78. The third-order valence-electron chi connectivity index (χ3n) is 3.55. The lowest BCUT2D eigenvalue weighted by atomic mass is 9.99. The highest BCUT2D eigenvalue weighted by molar-refractivity contribution is 9.10. The van der Waals surface area contributed by atoms with Gasteiger partial charge in [0.05, 0.1) is 5.02 Å². The zero-order valence-corrected chi connectivity index (χ0v) is 14.5. The fourth-order valence-electron chi connectivity index (χ4n) is 2.41. The molecule has 1 aromatic carbocycles. The Morgan fingerprint density at radius 1 is 1.32 bits per heavy atom. The Hall–Kier alpha value is -0.0900. The van der Waals surface area contributed by atoms with Crippen LogP contribution in [-0.2, 0) is 0 Å². The van der Waals surface area contributed by atoms with Crippen LogP contribution in [0.25, 0.3) is 0 Å². The van der Waals surface area contributed by atoms with E-state index in [0.717, 1.165) is 15.9 Å². The predicted octanol–water partition coefficient (Wildman–Crippen LogP) is 4.47. The first-order valence-electron chi connectivity index (χ1n) is 6.73. The second-order valence-electron chi connectivity index (χ2n) is 5.57. The monoisotopic (exact) mass is 346 g/mol. The maximum atomic E-state index is 6.18. The zero-order valence-electron chi connectivity index (χ0n) is 12.2. The molecular weight excluding hydrogens is 324 g/mol. The summed E-state index contributed by atoms with van der Waals surface area (Å²) >= 11 is 9.60. The van der Waals surface area contributed by atoms with Crippen molar-refractivity contribution in [2.75, 3.05) is 13.6 Å². The summed E-state index contributed by atoms with van der Waals surface area (Å²) in [5, 5.41) is 0.737. The molecule has 4 heteroatoms. The molecule has 0 bridgehead atoms. The van der Waals surface area contributed by atoms with Crippen LogP contribution in [0.5, 0.6) is 0 Å². The fraction of sp³-hybridized carbons (Fsp3) is 0.600. The van der Waals surface area contributed by atoms with E-state index in [2.05, 4.69) is 54.7 Å². The molecule has 2 N–H and O–H groups in total. The maximum absolute atomic E-state index is 6.18. The van der Waals surface area contributed by atoms with E-state index in [1.54, 1.807) is 0 Å². The number of benzene rings is 1. The SMILES string of the molecule is CC(C)CC(C)N(C)C(CN)c1ccc(Br)c(Cl)c1. The summed E-state index contributed by atoms with van der Waals surface area (Å²) in [5.74, 6) is 0.685. The molecule has 0 aliphatic rings. The van der Waals surface area contributed by atoms with Crippen molar-refractivity contribution in [2.45, 2.75) is 39.3 Å². The third-order valence-corrected chi connectivity index (χ3v) is 4.78. The fourth-order valence-corrected chi connectivity index (χ4v) is 2.85. The molecule has 0 spiro atoms. The summed E-state index contributed by atoms with van der Waals surface area (Å²) in [7, 11) is 2.14. The van der Waals surface area contributed by atoms with Crippen molar-refractivity contribution in [3.8, 4) is 0 Å². The number of halogens is 2. The van der Waals surface area contributed by atoms with Crippen LogP contribution in [0.15, 0.2) is 22.7 Å². The first kappa shape index (κ1) is 17.0. The Morgan fingerprint density at radius 3 is 2.42 bits per heavy atom. The lowest BCUT2D eigenvalue weighted by Gasteiger charge is -2.33. The van der Waals surface area contributed by atoms with Gasteiger partial charge in [-0.1, -0.05) is 31.5 Å². The molecule has 19 heavy (non-hydrogen) atoms. The van der Waals surface area contributed by atoms with Crippen molar-refractivity contribution < 1.29 is 0 Å². The van der Waals surface area contributed by atoms with Gasteiger partial charge in [0.2, 0.25) is 0 Å². The largest absolute Gasteiger partial charge is 0.329 e. The molecule has 0 heterocycles. The van der Waals surface area contributed by atoms with Crippen molar-refractivity contribution in [1.29, 1.82) is 0 Å². The minimum absolute atomic E-state index is 0.208. The summed E-state index contributed by atoms with van der Waals surface area (Å²) in [6.45, 7) is 7.34. The van der Waals surface area contributed by atoms with Gasteiger partial charge in [-0.15, -0.1) is 0 Å². The van der Waals surface area contributed by atoms with Gasteiger partial charge in [-0.05, 0) is 59.9 Å². The van der Waals surface area contributed by atoms with E-state index in [-0.39, 0.29) is 6.04 Å². The highest BCUT2D eigenvalue weighted by Gasteiger charge is 2.21. The summed E-state index contributed by atoms with van der Waals surface area (Å²) in [5.41, 5.74) is 7.14. The number of rotatable bonds is 6. The zero-order chi connectivity index (χ0) is 14.6. The van der Waals surface area contributed by atoms with E-state index in [1.807, 2.05) is 12.1 Å². The molecule has 1 aromatic rings. The summed E-state index contributed by atoms with van der Waals surface area (Å²) in [6.07, 6.45) is 1.16. The number of hydrogen-bond donors (Lipinski definition) is 1. The number of nitrogens with zero attached hydrogens (tertiary/aromatic N) is 1. The van der Waals surface area contributed by atoms with Gasteiger partial charge in [0, 0.05) is 23.1 Å². The Labute approximate surface area is 130 Å². The number of hydrogen-bond acceptors (Lipinski definition) is 2. The molecule has 0 radical (unpaired) electrons. The van der Waals surface area contributed by atoms with Gasteiger partial charge in [0.1, 0.15) is 0 Å². The van der Waals surface area contributed by atoms with E-state index < -0.39 is 0 Å². The van der Waals surface area contributed by atoms with Gasteiger partial charge in [0.25, 0.3) is 0 Å². The Bertz CT molecular complexity index is 409. The van der Waals surface area contributed by atoms with E-state index in [4.69, 9.17) is 17.3 Å². The van der Waals surface area contributed by atoms with E-state index in [0.29, 0.717) is 18.5 Å². The molecule has 0 aliphatic heterocycles. The molecule has 108 valence electrons. The maximum Gasteiger partial charge on any atom is 0.0551 e. The topological polar surface area (TPSA) is 29.3 Å². The first-order valence-corrected chi connectivity index (χ1v) is 7.90. The molecule has 0 amide bonds. The highest BCUT2D eigenvalue weighted by Crippen LogP contribution is 2.29. The highest BCUT2D eigenvalue weighted by atomic mass is 79.9. The molecule has 2 nitrogen and oxygen atoms in total. The van der Waals surface area contributed by atoms with Crippen LogP contribution in [0.3, 0.4) is 0 Å². The van der Waals surface area contributed by atoms with Crippen LogP contribution in [-0.4, -0.2) is 24.5 Å². The molecule has 0 saturated heterocycles. The first-order chi connectivity index (χ1) is 8.86. The van der Waals surface area contributed by atoms with Crippen molar-refractivity contribution in [3.05, 3.63) is 33.3 Å². The normalized spacial score (nSPS) is 15.0. The summed E-state index contributed by atoms with van der Waals surface area (Å²) in [4.78, 5) is 2.35. The second kappa shape index (κ2) is 7.63. The third kappa shape index (κ3) is 4.75. The van der Waals surface area contributed by atoms with Crippen LogP contribution in [0.4, 0.5) is 0 Å². The van der Waals surface area contributed by atoms with Crippen molar-refractivity contribution in [2.24, 2.45) is 11.7 Å². The van der Waals surface area contributed by atoms with Crippen LogP contribution >= 0.6 is 27.5 Å². The van der Waals surface area contributed by atoms with E-state index >= 15 is 0 Å². The Kier molecular flexibility index (Phi) is 6.81. The smallest absolute Gasteiger partial charge is 0.0551 e. The molecular formula is C15H24BrClN2. The van der Waals surface area contributed by atoms with Crippen molar-refractivity contribution in [3.63, 3.8) is 0 Å². The average molecular weight is 348 g/mol. The minimum atomic E-state index is 0.208. The second-order valence-corrected chi connectivity index (χ2v) is 6.83.